The van der Waals surface area contributed by atoms with E-state index in [4.69, 9.17) is 0 Å². The number of benzene rings is 2. The third-order valence-corrected chi connectivity index (χ3v) is 6.99. The molecule has 0 radical (unpaired) electrons. The van der Waals surface area contributed by atoms with E-state index in [-0.39, 0.29) is 17.8 Å². The second kappa shape index (κ2) is 10.8. The zero-order chi connectivity index (χ0) is 25.1. The molecular formula is C29H34FN5O. The van der Waals surface area contributed by atoms with Crippen LogP contribution in [0.25, 0.3) is 11.1 Å². The number of halogens is 1. The van der Waals surface area contributed by atoms with E-state index in [0.29, 0.717) is 30.9 Å². The van der Waals surface area contributed by atoms with E-state index in [1.54, 1.807) is 12.3 Å². The number of hydrogen-bond acceptors (Lipinski definition) is 5. The van der Waals surface area contributed by atoms with E-state index in [9.17, 15) is 9.18 Å². The summed E-state index contributed by atoms with van der Waals surface area (Å²) in [7, 11) is 0. The minimum atomic E-state index is -0.271. The summed E-state index contributed by atoms with van der Waals surface area (Å²) in [4.78, 5) is 22.2. The van der Waals surface area contributed by atoms with E-state index in [1.165, 1.54) is 17.7 Å². The molecule has 188 valence electrons. The standard InChI is InChI=1S/C29H34FN5O/c1-20-16-34(17-21(2)32-20)18-22-8-10-23(11-9-22)27-7-4-13-31-28(27)29(36)35-14-12-26(19-35)33-25-6-3-5-24(30)15-25/h3-11,13,15,20-21,26,32-33H,12,14,16-19H2,1-2H3/t20-,21+,26?. The lowest BCUT2D eigenvalue weighted by molar-refractivity contribution is 0.0786. The molecule has 2 N–H and O–H groups in total. The topological polar surface area (TPSA) is 60.5 Å². The maximum atomic E-state index is 13.5. The number of anilines is 1. The molecule has 0 saturated carbocycles. The van der Waals surface area contributed by atoms with Gasteiger partial charge in [0.15, 0.2) is 0 Å². The van der Waals surface area contributed by atoms with Crippen LogP contribution in [0.3, 0.4) is 0 Å². The third kappa shape index (κ3) is 5.74. The lowest BCUT2D eigenvalue weighted by atomic mass is 10.0. The lowest BCUT2D eigenvalue weighted by Gasteiger charge is -2.36. The van der Waals surface area contributed by atoms with Crippen LogP contribution in [0, 0.1) is 5.82 Å². The van der Waals surface area contributed by atoms with Gasteiger partial charge in [0.25, 0.3) is 5.91 Å². The molecule has 1 aromatic heterocycles. The number of pyridine rings is 1. The first kappa shape index (κ1) is 24.4. The first-order valence-electron chi connectivity index (χ1n) is 12.8. The fraction of sp³-hybridized carbons (Fsp3) is 0.379. The number of likely N-dealkylation sites (tertiary alicyclic amines) is 1. The predicted octanol–water partition coefficient (Wildman–Crippen LogP) is 4.40. The zero-order valence-electron chi connectivity index (χ0n) is 21.0. The predicted molar refractivity (Wildman–Crippen MR) is 141 cm³/mol. The number of carbonyl (C=O) groups excluding carboxylic acids is 1. The molecule has 7 heteroatoms. The highest BCUT2D eigenvalue weighted by molar-refractivity contribution is 5.99. The van der Waals surface area contributed by atoms with Crippen molar-refractivity contribution in [3.8, 4) is 11.1 Å². The molecule has 2 aliphatic heterocycles. The molecule has 6 nitrogen and oxygen atoms in total. The van der Waals surface area contributed by atoms with Gasteiger partial charge in [0.1, 0.15) is 11.5 Å². The average Bonchev–Trinajstić information content (AvgIpc) is 3.32. The molecule has 3 heterocycles. The summed E-state index contributed by atoms with van der Waals surface area (Å²) in [5.74, 6) is -0.339. The maximum Gasteiger partial charge on any atom is 0.273 e. The van der Waals surface area contributed by atoms with Crippen LogP contribution in [0.1, 0.15) is 36.3 Å². The molecular weight excluding hydrogens is 453 g/mol. The van der Waals surface area contributed by atoms with E-state index in [0.717, 1.165) is 42.9 Å². The van der Waals surface area contributed by atoms with Crippen LogP contribution in [-0.2, 0) is 6.54 Å². The van der Waals surface area contributed by atoms with Crippen molar-refractivity contribution in [3.63, 3.8) is 0 Å². The van der Waals surface area contributed by atoms with Crippen molar-refractivity contribution in [3.05, 3.63) is 83.9 Å². The van der Waals surface area contributed by atoms with Crippen molar-refractivity contribution in [1.29, 1.82) is 0 Å². The molecule has 2 fully saturated rings. The quantitative estimate of drug-likeness (QED) is 0.540. The minimum absolute atomic E-state index is 0.0676. The lowest BCUT2D eigenvalue weighted by Crippen LogP contribution is -2.53. The number of nitrogens with one attached hydrogen (secondary N) is 2. The number of hydrogen-bond donors (Lipinski definition) is 2. The number of carbonyl (C=O) groups is 1. The Bertz CT molecular complexity index is 1190. The summed E-state index contributed by atoms with van der Waals surface area (Å²) in [6.45, 7) is 8.66. The van der Waals surface area contributed by atoms with Gasteiger partial charge in [-0.15, -0.1) is 0 Å². The van der Waals surface area contributed by atoms with Gasteiger partial charge in [-0.25, -0.2) is 4.39 Å². The minimum Gasteiger partial charge on any atom is -0.380 e. The number of nitrogens with zero attached hydrogens (tertiary/aromatic N) is 3. The number of aromatic nitrogens is 1. The van der Waals surface area contributed by atoms with Crippen LogP contribution < -0.4 is 10.6 Å². The molecule has 0 bridgehead atoms. The summed E-state index contributed by atoms with van der Waals surface area (Å²) in [6.07, 6.45) is 2.48. The molecule has 0 spiro atoms. The third-order valence-electron chi connectivity index (χ3n) is 6.99. The van der Waals surface area contributed by atoms with E-state index >= 15 is 0 Å². The van der Waals surface area contributed by atoms with Gasteiger partial charge in [0, 0.05) is 68.3 Å². The van der Waals surface area contributed by atoms with Crippen LogP contribution in [-0.4, -0.2) is 65.0 Å². The van der Waals surface area contributed by atoms with Crippen LogP contribution in [0.4, 0.5) is 10.1 Å². The SMILES string of the molecule is C[C@@H]1CN(Cc2ccc(-c3cccnc3C(=O)N3CCC(Nc4cccc(F)c4)C3)cc2)C[C@H](C)N1. The van der Waals surface area contributed by atoms with Gasteiger partial charge in [-0.3, -0.25) is 14.7 Å². The van der Waals surface area contributed by atoms with Gasteiger partial charge in [-0.2, -0.15) is 0 Å². The molecule has 1 unspecified atom stereocenters. The Morgan fingerprint density at radius 1 is 1.06 bits per heavy atom. The Morgan fingerprint density at radius 2 is 1.83 bits per heavy atom. The monoisotopic (exact) mass is 487 g/mol. The van der Waals surface area contributed by atoms with Crippen LogP contribution in [0.5, 0.6) is 0 Å². The molecule has 1 amide bonds. The molecule has 2 aliphatic rings. The van der Waals surface area contributed by atoms with Gasteiger partial charge >= 0.3 is 0 Å². The normalized spacial score (nSPS) is 22.5. The Hall–Kier alpha value is -3.29. The van der Waals surface area contributed by atoms with E-state index in [1.807, 2.05) is 23.1 Å². The van der Waals surface area contributed by atoms with Gasteiger partial charge in [0.2, 0.25) is 0 Å². The average molecular weight is 488 g/mol. The summed E-state index contributed by atoms with van der Waals surface area (Å²) in [5.41, 5.74) is 4.31. The fourth-order valence-corrected chi connectivity index (χ4v) is 5.45. The van der Waals surface area contributed by atoms with Gasteiger partial charge < -0.3 is 15.5 Å². The summed E-state index contributed by atoms with van der Waals surface area (Å²) in [6, 6.07) is 19.8. The molecule has 5 rings (SSSR count). The van der Waals surface area contributed by atoms with Crippen molar-refractivity contribution in [2.45, 2.75) is 44.9 Å². The summed E-state index contributed by atoms with van der Waals surface area (Å²) >= 11 is 0. The van der Waals surface area contributed by atoms with Crippen LogP contribution in [0.15, 0.2) is 66.9 Å². The van der Waals surface area contributed by atoms with Crippen molar-refractivity contribution >= 4 is 11.6 Å². The Labute approximate surface area is 212 Å². The van der Waals surface area contributed by atoms with Gasteiger partial charge in [-0.05, 0) is 55.7 Å². The highest BCUT2D eigenvalue weighted by Gasteiger charge is 2.29. The fourth-order valence-electron chi connectivity index (χ4n) is 5.45. The molecule has 0 aliphatic carbocycles. The van der Waals surface area contributed by atoms with Crippen molar-refractivity contribution < 1.29 is 9.18 Å². The molecule has 3 aromatic rings. The second-order valence-corrected chi connectivity index (χ2v) is 10.2. The number of rotatable bonds is 6. The van der Waals surface area contributed by atoms with Gasteiger partial charge in [-0.1, -0.05) is 36.4 Å². The highest BCUT2D eigenvalue weighted by atomic mass is 19.1. The van der Waals surface area contributed by atoms with E-state index < -0.39 is 0 Å². The summed E-state index contributed by atoms with van der Waals surface area (Å²) in [5, 5.41) is 6.93. The first-order valence-corrected chi connectivity index (χ1v) is 12.8. The van der Waals surface area contributed by atoms with Crippen molar-refractivity contribution in [1.82, 2.24) is 20.1 Å². The van der Waals surface area contributed by atoms with Crippen molar-refractivity contribution in [2.75, 3.05) is 31.5 Å². The molecule has 36 heavy (non-hydrogen) atoms. The Morgan fingerprint density at radius 3 is 2.58 bits per heavy atom. The Kier molecular flexibility index (Phi) is 7.30. The summed E-state index contributed by atoms with van der Waals surface area (Å²) < 4.78 is 13.5. The van der Waals surface area contributed by atoms with Crippen molar-refractivity contribution in [2.24, 2.45) is 0 Å². The Balaban J connectivity index is 1.26. The largest absolute Gasteiger partial charge is 0.380 e. The molecule has 2 saturated heterocycles. The van der Waals surface area contributed by atoms with Crippen LogP contribution >= 0.6 is 0 Å². The first-order chi connectivity index (χ1) is 17.4. The zero-order valence-corrected chi connectivity index (χ0v) is 21.0. The van der Waals surface area contributed by atoms with Crippen LogP contribution in [0.2, 0.25) is 0 Å². The highest BCUT2D eigenvalue weighted by Crippen LogP contribution is 2.26. The van der Waals surface area contributed by atoms with E-state index in [2.05, 4.69) is 58.6 Å². The molecule has 3 atom stereocenters. The smallest absolute Gasteiger partial charge is 0.273 e. The number of amides is 1. The maximum absolute atomic E-state index is 13.5. The number of piperazine rings is 1. The molecule has 2 aromatic carbocycles. The second-order valence-electron chi connectivity index (χ2n) is 10.2. The van der Waals surface area contributed by atoms with Gasteiger partial charge in [0.05, 0.1) is 0 Å².